The first-order valence-electron chi connectivity index (χ1n) is 7.97. The molecule has 1 fully saturated rings. The maximum Gasteiger partial charge on any atom is 0.331 e. The monoisotopic (exact) mass is 347 g/mol. The van der Waals surface area contributed by atoms with Crippen LogP contribution in [0.5, 0.6) is 0 Å². The number of carbonyl (C=O) groups excluding carboxylic acids is 1. The lowest BCUT2D eigenvalue weighted by atomic mass is 10.2. The van der Waals surface area contributed by atoms with Gasteiger partial charge in [0.1, 0.15) is 17.6 Å². The second kappa shape index (κ2) is 6.32. The summed E-state index contributed by atoms with van der Waals surface area (Å²) in [5, 5.41) is 0. The lowest BCUT2D eigenvalue weighted by molar-refractivity contribution is -0.0283. The van der Waals surface area contributed by atoms with Crippen molar-refractivity contribution in [3.05, 3.63) is 50.3 Å². The van der Waals surface area contributed by atoms with Crippen LogP contribution in [-0.4, -0.2) is 49.2 Å². The summed E-state index contributed by atoms with van der Waals surface area (Å²) in [6.07, 6.45) is 1.55. The van der Waals surface area contributed by atoms with Gasteiger partial charge < -0.3 is 14.2 Å². The molecule has 3 heterocycles. The molecule has 0 saturated carbocycles. The van der Waals surface area contributed by atoms with Crippen molar-refractivity contribution in [3.63, 3.8) is 0 Å². The van der Waals surface area contributed by atoms with Gasteiger partial charge in [-0.1, -0.05) is 0 Å². The molecule has 1 atom stereocenters. The zero-order valence-electron chi connectivity index (χ0n) is 14.7. The van der Waals surface area contributed by atoms with Gasteiger partial charge in [0, 0.05) is 40.0 Å². The van der Waals surface area contributed by atoms with Gasteiger partial charge in [-0.15, -0.1) is 0 Å². The molecule has 9 nitrogen and oxygen atoms in total. The fourth-order valence-corrected chi connectivity index (χ4v) is 3.02. The number of amides is 1. The molecule has 0 aliphatic carbocycles. The summed E-state index contributed by atoms with van der Waals surface area (Å²) in [5.41, 5.74) is -0.0837. The zero-order valence-corrected chi connectivity index (χ0v) is 14.7. The van der Waals surface area contributed by atoms with Crippen LogP contribution >= 0.6 is 0 Å². The van der Waals surface area contributed by atoms with E-state index >= 15 is 0 Å². The standard InChI is InChI=1S/C16H21N5O4/c1-10-8-18(2)14(17-10)12-9-21(5-6-25-12)15(23)11-7-13(22)20(4)16(24)19(11)3/h7-8,12H,5-6,9H2,1-4H3/t12-/m0/s1. The second-order valence-electron chi connectivity index (χ2n) is 6.23. The number of ether oxygens (including phenoxy) is 1. The first-order chi connectivity index (χ1) is 11.8. The minimum Gasteiger partial charge on any atom is -0.367 e. The first kappa shape index (κ1) is 17.2. The maximum absolute atomic E-state index is 12.8. The van der Waals surface area contributed by atoms with Crippen molar-refractivity contribution in [2.45, 2.75) is 13.0 Å². The number of imidazole rings is 1. The number of aromatic nitrogens is 4. The number of morpholine rings is 1. The van der Waals surface area contributed by atoms with Crippen LogP contribution in [0.15, 0.2) is 21.9 Å². The van der Waals surface area contributed by atoms with Gasteiger partial charge in [0.2, 0.25) is 0 Å². The third-order valence-electron chi connectivity index (χ3n) is 4.42. The quantitative estimate of drug-likeness (QED) is 0.719. The van der Waals surface area contributed by atoms with Gasteiger partial charge in [-0.05, 0) is 6.92 Å². The number of hydrogen-bond donors (Lipinski definition) is 0. The predicted octanol–water partition coefficient (Wildman–Crippen LogP) is -0.660. The van der Waals surface area contributed by atoms with E-state index in [0.29, 0.717) is 19.7 Å². The molecule has 1 aliphatic heterocycles. The van der Waals surface area contributed by atoms with Crippen LogP contribution in [0, 0.1) is 6.92 Å². The number of rotatable bonds is 2. The molecule has 2 aromatic rings. The zero-order chi connectivity index (χ0) is 18.3. The molecule has 0 unspecified atom stereocenters. The molecule has 1 amide bonds. The highest BCUT2D eigenvalue weighted by molar-refractivity contribution is 5.92. The first-order valence-corrected chi connectivity index (χ1v) is 7.97. The number of aryl methyl sites for hydroxylation is 2. The Morgan fingerprint density at radius 1 is 1.24 bits per heavy atom. The van der Waals surface area contributed by atoms with Gasteiger partial charge in [0.05, 0.1) is 18.8 Å². The van der Waals surface area contributed by atoms with Gasteiger partial charge in [-0.3, -0.25) is 18.7 Å². The highest BCUT2D eigenvalue weighted by Crippen LogP contribution is 2.22. The van der Waals surface area contributed by atoms with E-state index in [9.17, 15) is 14.4 Å². The highest BCUT2D eigenvalue weighted by Gasteiger charge is 2.30. The third-order valence-corrected chi connectivity index (χ3v) is 4.42. The Morgan fingerprint density at radius 2 is 1.96 bits per heavy atom. The largest absolute Gasteiger partial charge is 0.367 e. The Hall–Kier alpha value is -2.68. The SMILES string of the molecule is Cc1cn(C)c([C@@H]2CN(C(=O)c3cc(=O)n(C)c(=O)n3C)CCO2)n1. The highest BCUT2D eigenvalue weighted by atomic mass is 16.5. The van der Waals surface area contributed by atoms with E-state index in [4.69, 9.17) is 4.74 Å². The van der Waals surface area contributed by atoms with Gasteiger partial charge >= 0.3 is 5.69 Å². The Labute approximate surface area is 144 Å². The molecule has 0 spiro atoms. The fourth-order valence-electron chi connectivity index (χ4n) is 3.02. The molecule has 0 radical (unpaired) electrons. The van der Waals surface area contributed by atoms with Gasteiger partial charge in [-0.2, -0.15) is 0 Å². The average molecular weight is 347 g/mol. The Kier molecular flexibility index (Phi) is 4.34. The molecule has 3 rings (SSSR count). The Bertz CT molecular complexity index is 939. The van der Waals surface area contributed by atoms with Gasteiger partial charge in [0.15, 0.2) is 0 Å². The second-order valence-corrected chi connectivity index (χ2v) is 6.23. The normalized spacial score (nSPS) is 17.8. The molecular formula is C16H21N5O4. The Morgan fingerprint density at radius 3 is 2.60 bits per heavy atom. The van der Waals surface area contributed by atoms with Crippen LogP contribution in [-0.2, 0) is 25.9 Å². The van der Waals surface area contributed by atoms with E-state index in [-0.39, 0.29) is 17.7 Å². The van der Waals surface area contributed by atoms with E-state index in [1.165, 1.54) is 24.7 Å². The average Bonchev–Trinajstić information content (AvgIpc) is 2.94. The van der Waals surface area contributed by atoms with Crippen LogP contribution in [0.3, 0.4) is 0 Å². The predicted molar refractivity (Wildman–Crippen MR) is 89.5 cm³/mol. The van der Waals surface area contributed by atoms with Crippen LogP contribution in [0.1, 0.15) is 28.1 Å². The minimum absolute atomic E-state index is 0.0739. The van der Waals surface area contributed by atoms with Crippen molar-refractivity contribution in [2.75, 3.05) is 19.7 Å². The summed E-state index contributed by atoms with van der Waals surface area (Å²) >= 11 is 0. The van der Waals surface area contributed by atoms with Crippen molar-refractivity contribution in [1.29, 1.82) is 0 Å². The van der Waals surface area contributed by atoms with E-state index in [1.807, 2.05) is 24.7 Å². The van der Waals surface area contributed by atoms with Crippen LogP contribution in [0.2, 0.25) is 0 Å². The molecule has 9 heteroatoms. The van der Waals surface area contributed by atoms with E-state index < -0.39 is 11.2 Å². The lowest BCUT2D eigenvalue weighted by Gasteiger charge is -2.32. The maximum atomic E-state index is 12.8. The van der Waals surface area contributed by atoms with Crippen molar-refractivity contribution >= 4 is 5.91 Å². The Balaban J connectivity index is 1.90. The summed E-state index contributed by atoms with van der Waals surface area (Å²) in [6, 6.07) is 1.19. The summed E-state index contributed by atoms with van der Waals surface area (Å²) in [7, 11) is 4.74. The molecule has 0 aromatic carbocycles. The summed E-state index contributed by atoms with van der Waals surface area (Å²) in [6.45, 7) is 2.96. The summed E-state index contributed by atoms with van der Waals surface area (Å²) < 4.78 is 9.80. The molecule has 1 saturated heterocycles. The third kappa shape index (κ3) is 3.02. The van der Waals surface area contributed by atoms with Crippen molar-refractivity contribution < 1.29 is 9.53 Å². The topological polar surface area (TPSA) is 91.4 Å². The van der Waals surface area contributed by atoms with E-state index in [0.717, 1.165) is 16.1 Å². The van der Waals surface area contributed by atoms with Crippen LogP contribution in [0.25, 0.3) is 0 Å². The smallest absolute Gasteiger partial charge is 0.331 e. The van der Waals surface area contributed by atoms with Crippen molar-refractivity contribution in [1.82, 2.24) is 23.6 Å². The molecule has 0 N–H and O–H groups in total. The summed E-state index contributed by atoms with van der Waals surface area (Å²) in [5.74, 6) is 0.379. The van der Waals surface area contributed by atoms with Gasteiger partial charge in [0.25, 0.3) is 11.5 Å². The summed E-state index contributed by atoms with van der Waals surface area (Å²) in [4.78, 5) is 42.8. The molecule has 1 aliphatic rings. The number of carbonyl (C=O) groups is 1. The minimum atomic E-state index is -0.527. The fraction of sp³-hybridized carbons (Fsp3) is 0.500. The molecule has 0 bridgehead atoms. The molecule has 134 valence electrons. The lowest BCUT2D eigenvalue weighted by Crippen LogP contribution is -2.46. The van der Waals surface area contributed by atoms with Crippen LogP contribution < -0.4 is 11.2 Å². The molecule has 2 aromatic heterocycles. The van der Waals surface area contributed by atoms with Crippen molar-refractivity contribution in [3.8, 4) is 0 Å². The molecular weight excluding hydrogens is 326 g/mol. The number of hydrogen-bond acceptors (Lipinski definition) is 5. The van der Waals surface area contributed by atoms with E-state index in [1.54, 1.807) is 4.90 Å². The van der Waals surface area contributed by atoms with Gasteiger partial charge in [-0.25, -0.2) is 9.78 Å². The molecule has 25 heavy (non-hydrogen) atoms. The number of nitrogens with zero attached hydrogens (tertiary/aromatic N) is 5. The van der Waals surface area contributed by atoms with Crippen LogP contribution in [0.4, 0.5) is 0 Å². The van der Waals surface area contributed by atoms with E-state index in [2.05, 4.69) is 4.98 Å². The van der Waals surface area contributed by atoms with Crippen molar-refractivity contribution in [2.24, 2.45) is 21.1 Å².